The van der Waals surface area contributed by atoms with Crippen molar-refractivity contribution in [2.75, 3.05) is 0 Å². The monoisotopic (exact) mass is 361 g/mol. The summed E-state index contributed by atoms with van der Waals surface area (Å²) in [6.07, 6.45) is 0. The third-order valence-corrected chi connectivity index (χ3v) is 3.65. The molecular formula is C17H13ClFN3O3. The first-order valence-electron chi connectivity index (χ1n) is 7.36. The lowest BCUT2D eigenvalue weighted by Gasteiger charge is -2.04. The molecule has 1 N–H and O–H groups in total. The third kappa shape index (κ3) is 4.33. The quantitative estimate of drug-likeness (QED) is 0.757. The number of benzene rings is 2. The molecule has 0 aliphatic heterocycles. The Kier molecular flexibility index (Phi) is 4.95. The normalized spacial score (nSPS) is 10.6. The fourth-order valence-electron chi connectivity index (χ4n) is 2.11. The van der Waals surface area contributed by atoms with Crippen molar-refractivity contribution in [3.63, 3.8) is 0 Å². The maximum Gasteiger partial charge on any atom is 0.437 e. The van der Waals surface area contributed by atoms with E-state index in [1.165, 1.54) is 24.3 Å². The predicted octanol–water partition coefficient (Wildman–Crippen LogP) is 2.61. The minimum Gasteiger partial charge on any atom is -0.388 e. The number of hydrogen-bond acceptors (Lipinski definition) is 4. The van der Waals surface area contributed by atoms with E-state index >= 15 is 0 Å². The highest BCUT2D eigenvalue weighted by molar-refractivity contribution is 6.30. The van der Waals surface area contributed by atoms with Gasteiger partial charge < -0.3 is 9.73 Å². The molecule has 25 heavy (non-hydrogen) atoms. The van der Waals surface area contributed by atoms with Gasteiger partial charge in [0.25, 0.3) is 0 Å². The predicted molar refractivity (Wildman–Crippen MR) is 89.5 cm³/mol. The summed E-state index contributed by atoms with van der Waals surface area (Å²) in [4.78, 5) is 23.8. The fourth-order valence-corrected chi connectivity index (χ4v) is 2.24. The number of rotatable bonds is 5. The second kappa shape index (κ2) is 7.31. The number of carbonyl (C=O) groups is 1. The molecule has 0 unspecified atom stereocenters. The van der Waals surface area contributed by atoms with E-state index in [2.05, 4.69) is 10.4 Å². The molecule has 0 spiro atoms. The van der Waals surface area contributed by atoms with Gasteiger partial charge in [0.1, 0.15) is 12.4 Å². The first-order chi connectivity index (χ1) is 12.0. The average Bonchev–Trinajstić information content (AvgIpc) is 2.95. The Morgan fingerprint density at radius 3 is 2.52 bits per heavy atom. The van der Waals surface area contributed by atoms with Gasteiger partial charge in [-0.2, -0.15) is 4.68 Å². The molecule has 1 heterocycles. The van der Waals surface area contributed by atoms with Gasteiger partial charge in [-0.1, -0.05) is 23.7 Å². The van der Waals surface area contributed by atoms with Crippen molar-refractivity contribution >= 4 is 17.5 Å². The standard InChI is InChI=1S/C17H13ClFN3O3/c18-13-5-1-11(2-6-13)9-20-15(23)10-22-17(24)25-16(21-22)12-3-7-14(19)8-4-12/h1-8H,9-10H2,(H,20,23). The molecule has 2 aromatic carbocycles. The molecule has 128 valence electrons. The summed E-state index contributed by atoms with van der Waals surface area (Å²) in [5.74, 6) is -1.54. The molecule has 0 aliphatic carbocycles. The highest BCUT2D eigenvalue weighted by Crippen LogP contribution is 2.15. The Hall–Kier alpha value is -2.93. The van der Waals surface area contributed by atoms with Crippen LogP contribution in [0.2, 0.25) is 5.02 Å². The number of amides is 1. The molecule has 0 radical (unpaired) electrons. The van der Waals surface area contributed by atoms with Crippen molar-refractivity contribution in [1.29, 1.82) is 0 Å². The molecule has 0 saturated heterocycles. The maximum absolute atomic E-state index is 12.9. The molecule has 3 aromatic rings. The van der Waals surface area contributed by atoms with Gasteiger partial charge in [0.05, 0.1) is 0 Å². The van der Waals surface area contributed by atoms with Crippen LogP contribution in [0, 0.1) is 5.82 Å². The van der Waals surface area contributed by atoms with E-state index < -0.39 is 17.5 Å². The van der Waals surface area contributed by atoms with Crippen LogP contribution in [0.3, 0.4) is 0 Å². The topological polar surface area (TPSA) is 77.1 Å². The van der Waals surface area contributed by atoms with E-state index in [0.717, 1.165) is 10.2 Å². The van der Waals surface area contributed by atoms with Gasteiger partial charge in [0, 0.05) is 17.1 Å². The lowest BCUT2D eigenvalue weighted by Crippen LogP contribution is -2.31. The maximum atomic E-state index is 12.9. The number of halogens is 2. The zero-order valence-corrected chi connectivity index (χ0v) is 13.7. The van der Waals surface area contributed by atoms with Crippen molar-refractivity contribution in [3.8, 4) is 11.5 Å². The van der Waals surface area contributed by atoms with Crippen molar-refractivity contribution in [2.45, 2.75) is 13.1 Å². The molecule has 8 heteroatoms. The summed E-state index contributed by atoms with van der Waals surface area (Å²) >= 11 is 5.80. The molecular weight excluding hydrogens is 349 g/mol. The zero-order chi connectivity index (χ0) is 17.8. The van der Waals surface area contributed by atoms with Gasteiger partial charge in [-0.15, -0.1) is 5.10 Å². The van der Waals surface area contributed by atoms with E-state index in [4.69, 9.17) is 16.0 Å². The van der Waals surface area contributed by atoms with Gasteiger partial charge in [-0.05, 0) is 42.0 Å². The average molecular weight is 362 g/mol. The summed E-state index contributed by atoms with van der Waals surface area (Å²) in [6.45, 7) is 0.0184. The van der Waals surface area contributed by atoms with E-state index in [1.54, 1.807) is 24.3 Å². The Bertz CT molecular complexity index is 933. The number of hydrogen-bond donors (Lipinski definition) is 1. The summed E-state index contributed by atoms with van der Waals surface area (Å²) in [7, 11) is 0. The van der Waals surface area contributed by atoms with E-state index in [1.807, 2.05) is 0 Å². The summed E-state index contributed by atoms with van der Waals surface area (Å²) in [5, 5.41) is 7.24. The van der Waals surface area contributed by atoms with Gasteiger partial charge in [0.2, 0.25) is 11.8 Å². The van der Waals surface area contributed by atoms with E-state index in [-0.39, 0.29) is 12.4 Å². The van der Waals surface area contributed by atoms with Crippen LogP contribution in [0.15, 0.2) is 57.7 Å². The van der Waals surface area contributed by atoms with Crippen LogP contribution in [0.5, 0.6) is 0 Å². The first-order valence-corrected chi connectivity index (χ1v) is 7.74. The Morgan fingerprint density at radius 1 is 1.16 bits per heavy atom. The lowest BCUT2D eigenvalue weighted by atomic mass is 10.2. The van der Waals surface area contributed by atoms with Crippen LogP contribution in [-0.2, 0) is 17.9 Å². The van der Waals surface area contributed by atoms with Crippen LogP contribution < -0.4 is 11.1 Å². The second-order valence-electron chi connectivity index (χ2n) is 5.24. The molecule has 0 fully saturated rings. The van der Waals surface area contributed by atoms with Gasteiger partial charge in [-0.25, -0.2) is 9.18 Å². The van der Waals surface area contributed by atoms with Crippen molar-refractivity contribution in [1.82, 2.24) is 15.1 Å². The minimum atomic E-state index is -0.763. The van der Waals surface area contributed by atoms with Crippen LogP contribution in [0.25, 0.3) is 11.5 Å². The summed E-state index contributed by atoms with van der Waals surface area (Å²) < 4.78 is 18.8. The molecule has 1 amide bonds. The van der Waals surface area contributed by atoms with Crippen molar-refractivity contribution in [3.05, 3.63) is 75.5 Å². The number of carbonyl (C=O) groups excluding carboxylic acids is 1. The molecule has 0 bridgehead atoms. The zero-order valence-electron chi connectivity index (χ0n) is 12.9. The Labute approximate surface area is 146 Å². The van der Waals surface area contributed by atoms with Crippen molar-refractivity contribution < 1.29 is 13.6 Å². The van der Waals surface area contributed by atoms with Crippen LogP contribution in [-0.4, -0.2) is 15.7 Å². The first kappa shape index (κ1) is 16.9. The Balaban J connectivity index is 1.64. The third-order valence-electron chi connectivity index (χ3n) is 3.39. The molecule has 0 saturated carbocycles. The van der Waals surface area contributed by atoms with Gasteiger partial charge in [0.15, 0.2) is 0 Å². The second-order valence-corrected chi connectivity index (χ2v) is 5.68. The van der Waals surface area contributed by atoms with Gasteiger partial charge >= 0.3 is 5.76 Å². The molecule has 6 nitrogen and oxygen atoms in total. The van der Waals surface area contributed by atoms with Gasteiger partial charge in [-0.3, -0.25) is 4.79 Å². The smallest absolute Gasteiger partial charge is 0.388 e. The molecule has 3 rings (SSSR count). The number of nitrogens with zero attached hydrogens (tertiary/aromatic N) is 2. The van der Waals surface area contributed by atoms with Crippen LogP contribution in [0.1, 0.15) is 5.56 Å². The Morgan fingerprint density at radius 2 is 1.84 bits per heavy atom. The van der Waals surface area contributed by atoms with Crippen LogP contribution >= 0.6 is 11.6 Å². The summed E-state index contributed by atoms with van der Waals surface area (Å²) in [5.41, 5.74) is 1.32. The molecule has 0 atom stereocenters. The fraction of sp³-hybridized carbons (Fsp3) is 0.118. The van der Waals surface area contributed by atoms with E-state index in [0.29, 0.717) is 17.1 Å². The molecule has 1 aromatic heterocycles. The highest BCUT2D eigenvalue weighted by Gasteiger charge is 2.13. The summed E-state index contributed by atoms with van der Waals surface area (Å²) in [6, 6.07) is 12.4. The minimum absolute atomic E-state index is 0.0236. The SMILES string of the molecule is O=C(Cn1nc(-c2ccc(F)cc2)oc1=O)NCc1ccc(Cl)cc1. The van der Waals surface area contributed by atoms with Crippen LogP contribution in [0.4, 0.5) is 4.39 Å². The lowest BCUT2D eigenvalue weighted by molar-refractivity contribution is -0.122. The largest absolute Gasteiger partial charge is 0.437 e. The highest BCUT2D eigenvalue weighted by atomic mass is 35.5. The number of aromatic nitrogens is 2. The molecule has 0 aliphatic rings. The number of nitrogens with one attached hydrogen (secondary N) is 1. The van der Waals surface area contributed by atoms with Crippen molar-refractivity contribution in [2.24, 2.45) is 0 Å². The van der Waals surface area contributed by atoms with E-state index in [9.17, 15) is 14.0 Å².